The summed E-state index contributed by atoms with van der Waals surface area (Å²) in [5.74, 6) is -0.259. The average Bonchev–Trinajstić information content (AvgIpc) is 2.87. The fourth-order valence-corrected chi connectivity index (χ4v) is 4.04. The number of carbonyl (C=O) groups excluding carboxylic acids is 3. The highest BCUT2D eigenvalue weighted by Crippen LogP contribution is 2.33. The van der Waals surface area contributed by atoms with E-state index in [-0.39, 0.29) is 18.6 Å². The predicted molar refractivity (Wildman–Crippen MR) is 101 cm³/mol. The van der Waals surface area contributed by atoms with E-state index in [4.69, 9.17) is 10.5 Å². The Balaban J connectivity index is 2.06. The number of aryl methyl sites for hydroxylation is 1. The molecule has 0 aliphatic carbocycles. The molecule has 1 fully saturated rings. The number of carbonyl (C=O) groups is 3. The molecule has 8 nitrogen and oxygen atoms in total. The van der Waals surface area contributed by atoms with Crippen molar-refractivity contribution in [2.75, 3.05) is 31.6 Å². The minimum Gasteiger partial charge on any atom is -0.462 e. The van der Waals surface area contributed by atoms with Crippen LogP contribution in [-0.4, -0.2) is 49.2 Å². The number of primary amides is 1. The van der Waals surface area contributed by atoms with Crippen LogP contribution in [0.2, 0.25) is 0 Å². The normalized spacial score (nSPS) is 16.9. The van der Waals surface area contributed by atoms with Gasteiger partial charge in [-0.3, -0.25) is 5.32 Å². The second-order valence-corrected chi connectivity index (χ2v) is 7.56. The van der Waals surface area contributed by atoms with Gasteiger partial charge in [-0.05, 0) is 45.1 Å². The summed E-state index contributed by atoms with van der Waals surface area (Å²) in [6.07, 6.45) is 1.78. The number of rotatable bonds is 5. The zero-order valence-electron chi connectivity index (χ0n) is 15.4. The van der Waals surface area contributed by atoms with E-state index in [0.717, 1.165) is 23.3 Å². The summed E-state index contributed by atoms with van der Waals surface area (Å²) >= 11 is 1.37. The van der Waals surface area contributed by atoms with Crippen LogP contribution in [0.15, 0.2) is 0 Å². The largest absolute Gasteiger partial charge is 0.462 e. The molecule has 0 unspecified atom stereocenters. The predicted octanol–water partition coefficient (Wildman–Crippen LogP) is 2.45. The van der Waals surface area contributed by atoms with Gasteiger partial charge < -0.3 is 20.7 Å². The van der Waals surface area contributed by atoms with Crippen LogP contribution < -0.4 is 16.4 Å². The Morgan fingerprint density at radius 3 is 2.73 bits per heavy atom. The van der Waals surface area contributed by atoms with Crippen molar-refractivity contribution in [3.05, 3.63) is 16.0 Å². The number of ether oxygens (including phenoxy) is 1. The van der Waals surface area contributed by atoms with Crippen LogP contribution in [-0.2, 0) is 4.74 Å². The molecule has 0 spiro atoms. The standard InChI is InChI=1S/C17H26N4O4S/c1-4-25-15(22)13-10(2)11(3)26-14(13)20-17(24)21-7-5-6-12(9-21)8-19-16(18)23/h12H,4-9H2,1-3H3,(H,20,24)(H3,18,19,23)/t12-/m1/s1. The first kappa shape index (κ1) is 20.0. The SMILES string of the molecule is CCOC(=O)c1c(NC(=O)N2CCC[C@H](CNC(N)=O)C2)sc(C)c1C. The molecular weight excluding hydrogens is 356 g/mol. The maximum atomic E-state index is 12.7. The molecule has 2 heterocycles. The lowest BCUT2D eigenvalue weighted by Gasteiger charge is -2.32. The van der Waals surface area contributed by atoms with Crippen LogP contribution in [0.4, 0.5) is 14.6 Å². The van der Waals surface area contributed by atoms with Crippen molar-refractivity contribution in [2.45, 2.75) is 33.6 Å². The number of urea groups is 2. The summed E-state index contributed by atoms with van der Waals surface area (Å²) in [5.41, 5.74) is 6.35. The first-order chi connectivity index (χ1) is 12.3. The number of nitrogens with one attached hydrogen (secondary N) is 2. The van der Waals surface area contributed by atoms with E-state index in [2.05, 4.69) is 10.6 Å². The highest BCUT2D eigenvalue weighted by Gasteiger charge is 2.27. The number of piperidine rings is 1. The summed E-state index contributed by atoms with van der Waals surface area (Å²) in [7, 11) is 0. The highest BCUT2D eigenvalue weighted by atomic mass is 32.1. The minimum absolute atomic E-state index is 0.165. The third-order valence-corrected chi connectivity index (χ3v) is 5.58. The molecule has 9 heteroatoms. The van der Waals surface area contributed by atoms with Gasteiger partial charge in [0.05, 0.1) is 12.2 Å². The number of thiophene rings is 1. The second kappa shape index (κ2) is 8.88. The Morgan fingerprint density at radius 2 is 2.08 bits per heavy atom. The number of anilines is 1. The highest BCUT2D eigenvalue weighted by molar-refractivity contribution is 7.16. The Hall–Kier alpha value is -2.29. The third-order valence-electron chi connectivity index (χ3n) is 4.46. The van der Waals surface area contributed by atoms with E-state index in [1.807, 2.05) is 13.8 Å². The summed E-state index contributed by atoms with van der Waals surface area (Å²) in [6, 6.07) is -0.809. The Bertz CT molecular complexity index is 689. The lowest BCUT2D eigenvalue weighted by Crippen LogP contribution is -2.46. The maximum Gasteiger partial charge on any atom is 0.341 e. The molecule has 1 atom stereocenters. The molecule has 1 saturated heterocycles. The maximum absolute atomic E-state index is 12.7. The van der Waals surface area contributed by atoms with Gasteiger partial charge in [-0.15, -0.1) is 11.3 Å². The zero-order chi connectivity index (χ0) is 19.3. The van der Waals surface area contributed by atoms with Gasteiger partial charge in [-0.25, -0.2) is 14.4 Å². The minimum atomic E-state index is -0.560. The first-order valence-electron chi connectivity index (χ1n) is 8.69. The Morgan fingerprint density at radius 1 is 1.35 bits per heavy atom. The van der Waals surface area contributed by atoms with Crippen LogP contribution in [0.1, 0.15) is 40.6 Å². The van der Waals surface area contributed by atoms with E-state index in [1.165, 1.54) is 11.3 Å². The van der Waals surface area contributed by atoms with Crippen LogP contribution in [0.5, 0.6) is 0 Å². The second-order valence-electron chi connectivity index (χ2n) is 6.34. The number of likely N-dealkylation sites (tertiary alicyclic amines) is 1. The number of amides is 4. The summed E-state index contributed by atoms with van der Waals surface area (Å²) in [4.78, 5) is 38.4. The molecule has 0 saturated carbocycles. The molecule has 1 aromatic rings. The van der Waals surface area contributed by atoms with Gasteiger partial charge in [0.1, 0.15) is 5.00 Å². The molecular formula is C17H26N4O4S. The number of hydrogen-bond donors (Lipinski definition) is 3. The lowest BCUT2D eigenvalue weighted by atomic mass is 9.98. The van der Waals surface area contributed by atoms with Crippen LogP contribution in [0, 0.1) is 19.8 Å². The Kier molecular flexibility index (Phi) is 6.84. The van der Waals surface area contributed by atoms with Gasteiger partial charge >= 0.3 is 18.0 Å². The monoisotopic (exact) mass is 382 g/mol. The van der Waals surface area contributed by atoms with Crippen molar-refractivity contribution < 1.29 is 19.1 Å². The quantitative estimate of drug-likeness (QED) is 0.679. The van der Waals surface area contributed by atoms with E-state index in [9.17, 15) is 14.4 Å². The molecule has 0 aromatic carbocycles. The van der Waals surface area contributed by atoms with Crippen LogP contribution >= 0.6 is 11.3 Å². The molecule has 2 rings (SSSR count). The average molecular weight is 382 g/mol. The molecule has 1 aliphatic heterocycles. The molecule has 4 amide bonds. The summed E-state index contributed by atoms with van der Waals surface area (Å²) in [6.45, 7) is 7.40. The molecule has 0 bridgehead atoms. The van der Waals surface area contributed by atoms with Gasteiger partial charge in [-0.2, -0.15) is 0 Å². The molecule has 144 valence electrons. The van der Waals surface area contributed by atoms with Crippen molar-refractivity contribution in [2.24, 2.45) is 11.7 Å². The Labute approximate surface area is 157 Å². The van der Waals surface area contributed by atoms with E-state index in [0.29, 0.717) is 30.2 Å². The molecule has 1 aromatic heterocycles. The van der Waals surface area contributed by atoms with E-state index >= 15 is 0 Å². The van der Waals surface area contributed by atoms with Crippen molar-refractivity contribution in [1.29, 1.82) is 0 Å². The van der Waals surface area contributed by atoms with Crippen molar-refractivity contribution in [3.8, 4) is 0 Å². The number of nitrogens with two attached hydrogens (primary N) is 1. The van der Waals surface area contributed by atoms with Crippen molar-refractivity contribution >= 4 is 34.4 Å². The number of nitrogens with zero attached hydrogens (tertiary/aromatic N) is 1. The fourth-order valence-electron chi connectivity index (χ4n) is 3.00. The smallest absolute Gasteiger partial charge is 0.341 e. The van der Waals surface area contributed by atoms with E-state index < -0.39 is 12.0 Å². The topological polar surface area (TPSA) is 114 Å². The molecule has 4 N–H and O–H groups in total. The van der Waals surface area contributed by atoms with Gasteiger partial charge in [0.2, 0.25) is 0 Å². The summed E-state index contributed by atoms with van der Waals surface area (Å²) in [5, 5.41) is 5.97. The van der Waals surface area contributed by atoms with Gasteiger partial charge in [0.15, 0.2) is 0 Å². The van der Waals surface area contributed by atoms with Crippen molar-refractivity contribution in [3.63, 3.8) is 0 Å². The van der Waals surface area contributed by atoms with Gasteiger partial charge in [-0.1, -0.05) is 0 Å². The van der Waals surface area contributed by atoms with Crippen molar-refractivity contribution in [1.82, 2.24) is 10.2 Å². The zero-order valence-corrected chi connectivity index (χ0v) is 16.2. The lowest BCUT2D eigenvalue weighted by molar-refractivity contribution is 0.0527. The van der Waals surface area contributed by atoms with Crippen LogP contribution in [0.25, 0.3) is 0 Å². The third kappa shape index (κ3) is 4.87. The number of esters is 1. The number of hydrogen-bond acceptors (Lipinski definition) is 5. The molecule has 26 heavy (non-hydrogen) atoms. The molecule has 1 aliphatic rings. The fraction of sp³-hybridized carbons (Fsp3) is 0.588. The first-order valence-corrected chi connectivity index (χ1v) is 9.51. The van der Waals surface area contributed by atoms with Gasteiger partial charge in [0.25, 0.3) is 0 Å². The van der Waals surface area contributed by atoms with Crippen LogP contribution in [0.3, 0.4) is 0 Å². The summed E-state index contributed by atoms with van der Waals surface area (Å²) < 4.78 is 5.11. The molecule has 0 radical (unpaired) electrons. The van der Waals surface area contributed by atoms with E-state index in [1.54, 1.807) is 11.8 Å². The van der Waals surface area contributed by atoms with Gasteiger partial charge in [0, 0.05) is 24.5 Å².